The van der Waals surface area contributed by atoms with Crippen LogP contribution in [0.1, 0.15) is 15.9 Å². The molecule has 0 saturated carbocycles. The van der Waals surface area contributed by atoms with E-state index in [4.69, 9.17) is 0 Å². The molecule has 2 aromatic rings. The highest BCUT2D eigenvalue weighted by atomic mass is 79.9. The Morgan fingerprint density at radius 1 is 1.00 bits per heavy atom. The minimum absolute atomic E-state index is 0.0583. The summed E-state index contributed by atoms with van der Waals surface area (Å²) in [7, 11) is 0. The van der Waals surface area contributed by atoms with Crippen LogP contribution in [0.25, 0.3) is 0 Å². The molecule has 19 heavy (non-hydrogen) atoms. The second-order valence-corrected chi connectivity index (χ2v) is 5.73. The van der Waals surface area contributed by atoms with E-state index in [1.165, 1.54) is 24.3 Å². The summed E-state index contributed by atoms with van der Waals surface area (Å²) in [6.07, 6.45) is -0.0583. The molecule has 0 fully saturated rings. The molecule has 0 amide bonds. The lowest BCUT2D eigenvalue weighted by Crippen LogP contribution is -2.05. The number of hydrogen-bond acceptors (Lipinski definition) is 1. The number of hydrogen-bond donors (Lipinski definition) is 0. The van der Waals surface area contributed by atoms with E-state index in [2.05, 4.69) is 31.9 Å². The van der Waals surface area contributed by atoms with Gasteiger partial charge in [0.15, 0.2) is 5.78 Å². The minimum Gasteiger partial charge on any atom is -0.294 e. The van der Waals surface area contributed by atoms with Crippen molar-refractivity contribution in [3.8, 4) is 0 Å². The Bertz CT molecular complexity index is 641. The second-order valence-electron chi connectivity index (χ2n) is 3.96. The number of halogens is 4. The normalized spacial score (nSPS) is 10.5. The summed E-state index contributed by atoms with van der Waals surface area (Å²) in [4.78, 5) is 12.0. The monoisotopic (exact) mass is 388 g/mol. The van der Waals surface area contributed by atoms with Crippen LogP contribution in [0, 0.1) is 11.6 Å². The smallest absolute Gasteiger partial charge is 0.167 e. The summed E-state index contributed by atoms with van der Waals surface area (Å²) in [5.41, 5.74) is 0.657. The number of ketones is 1. The first-order chi connectivity index (χ1) is 8.97. The van der Waals surface area contributed by atoms with Crippen LogP contribution in [0.15, 0.2) is 45.3 Å². The van der Waals surface area contributed by atoms with Crippen LogP contribution in [-0.4, -0.2) is 5.78 Å². The van der Waals surface area contributed by atoms with E-state index in [9.17, 15) is 13.6 Å². The van der Waals surface area contributed by atoms with Gasteiger partial charge < -0.3 is 0 Å². The third-order valence-electron chi connectivity index (χ3n) is 2.61. The maximum atomic E-state index is 13.6. The number of Topliss-reactive ketones (excluding diaryl/α,β-unsaturated/α-hetero) is 1. The van der Waals surface area contributed by atoms with Gasteiger partial charge in [-0.15, -0.1) is 0 Å². The average Bonchev–Trinajstić information content (AvgIpc) is 2.36. The van der Waals surface area contributed by atoms with Crippen LogP contribution in [-0.2, 0) is 6.42 Å². The van der Waals surface area contributed by atoms with Crippen molar-refractivity contribution in [1.82, 2.24) is 0 Å². The summed E-state index contributed by atoms with van der Waals surface area (Å²) >= 11 is 6.17. The van der Waals surface area contributed by atoms with Gasteiger partial charge in [-0.25, -0.2) is 8.78 Å². The van der Waals surface area contributed by atoms with Crippen molar-refractivity contribution in [2.75, 3.05) is 0 Å². The molecule has 0 unspecified atom stereocenters. The van der Waals surface area contributed by atoms with E-state index in [0.717, 1.165) is 0 Å². The molecular formula is C14H8Br2F2O. The number of rotatable bonds is 3. The van der Waals surface area contributed by atoms with Crippen molar-refractivity contribution in [3.63, 3.8) is 0 Å². The van der Waals surface area contributed by atoms with Gasteiger partial charge in [0.05, 0.1) is 4.47 Å². The van der Waals surface area contributed by atoms with E-state index in [1.54, 1.807) is 12.1 Å². The highest BCUT2D eigenvalue weighted by molar-refractivity contribution is 9.10. The standard InChI is InChI=1S/C14H8Br2F2O/c15-10-3-1-8(13(18)7-10)6-14(19)9-2-4-12(17)11(16)5-9/h1-5,7H,6H2. The molecule has 98 valence electrons. The summed E-state index contributed by atoms with van der Waals surface area (Å²) in [5.74, 6) is -1.14. The van der Waals surface area contributed by atoms with Crippen LogP contribution < -0.4 is 0 Å². The molecule has 0 aliphatic rings. The number of benzene rings is 2. The van der Waals surface area contributed by atoms with Crippen molar-refractivity contribution in [2.45, 2.75) is 6.42 Å². The van der Waals surface area contributed by atoms with Gasteiger partial charge in [-0.05, 0) is 51.8 Å². The van der Waals surface area contributed by atoms with E-state index < -0.39 is 11.6 Å². The van der Waals surface area contributed by atoms with Gasteiger partial charge in [0.25, 0.3) is 0 Å². The number of carbonyl (C=O) groups excluding carboxylic acids is 1. The molecular weight excluding hydrogens is 382 g/mol. The molecule has 0 aromatic heterocycles. The first kappa shape index (κ1) is 14.3. The van der Waals surface area contributed by atoms with Crippen LogP contribution in [0.2, 0.25) is 0 Å². The predicted octanol–water partition coefficient (Wildman–Crippen LogP) is 4.92. The maximum absolute atomic E-state index is 13.6. The Labute approximate surface area is 125 Å². The van der Waals surface area contributed by atoms with Crippen molar-refractivity contribution < 1.29 is 13.6 Å². The molecule has 0 radical (unpaired) electrons. The zero-order valence-electron chi connectivity index (χ0n) is 9.59. The van der Waals surface area contributed by atoms with Gasteiger partial charge >= 0.3 is 0 Å². The fourth-order valence-corrected chi connectivity index (χ4v) is 2.32. The Morgan fingerprint density at radius 3 is 2.37 bits per heavy atom. The van der Waals surface area contributed by atoms with E-state index in [0.29, 0.717) is 15.6 Å². The molecule has 0 bridgehead atoms. The summed E-state index contributed by atoms with van der Waals surface area (Å²) in [6.45, 7) is 0. The van der Waals surface area contributed by atoms with E-state index in [1.807, 2.05) is 0 Å². The molecule has 0 heterocycles. The fourth-order valence-electron chi connectivity index (χ4n) is 1.61. The van der Waals surface area contributed by atoms with Crippen molar-refractivity contribution >= 4 is 37.6 Å². The molecule has 0 atom stereocenters. The van der Waals surface area contributed by atoms with Crippen LogP contribution >= 0.6 is 31.9 Å². The zero-order chi connectivity index (χ0) is 14.0. The molecule has 0 saturated heterocycles. The van der Waals surface area contributed by atoms with Crippen LogP contribution in [0.4, 0.5) is 8.78 Å². The lowest BCUT2D eigenvalue weighted by molar-refractivity contribution is 0.0991. The quantitative estimate of drug-likeness (QED) is 0.681. The van der Waals surface area contributed by atoms with Crippen molar-refractivity contribution in [3.05, 3.63) is 68.1 Å². The molecule has 0 spiro atoms. The predicted molar refractivity (Wildman–Crippen MR) is 76.2 cm³/mol. The third-order valence-corrected chi connectivity index (χ3v) is 3.71. The first-order valence-corrected chi connectivity index (χ1v) is 6.98. The molecule has 1 nitrogen and oxygen atoms in total. The highest BCUT2D eigenvalue weighted by Crippen LogP contribution is 2.20. The molecule has 2 aromatic carbocycles. The zero-order valence-corrected chi connectivity index (χ0v) is 12.8. The number of carbonyl (C=O) groups is 1. The molecule has 0 aliphatic carbocycles. The van der Waals surface area contributed by atoms with Gasteiger partial charge in [0.2, 0.25) is 0 Å². The van der Waals surface area contributed by atoms with Gasteiger partial charge in [-0.1, -0.05) is 22.0 Å². The Morgan fingerprint density at radius 2 is 1.74 bits per heavy atom. The van der Waals surface area contributed by atoms with Gasteiger partial charge in [-0.2, -0.15) is 0 Å². The van der Waals surface area contributed by atoms with Crippen molar-refractivity contribution in [2.24, 2.45) is 0 Å². The lowest BCUT2D eigenvalue weighted by atomic mass is 10.0. The molecule has 5 heteroatoms. The summed E-state index contributed by atoms with van der Waals surface area (Å²) in [5, 5.41) is 0. The molecule has 0 N–H and O–H groups in total. The van der Waals surface area contributed by atoms with Crippen molar-refractivity contribution in [1.29, 1.82) is 0 Å². The molecule has 2 rings (SSSR count). The molecule has 0 aliphatic heterocycles. The Hall–Kier alpha value is -1.07. The van der Waals surface area contributed by atoms with Gasteiger partial charge in [0.1, 0.15) is 11.6 Å². The van der Waals surface area contributed by atoms with E-state index >= 15 is 0 Å². The highest BCUT2D eigenvalue weighted by Gasteiger charge is 2.12. The Balaban J connectivity index is 2.23. The Kier molecular flexibility index (Phi) is 4.47. The largest absolute Gasteiger partial charge is 0.294 e. The topological polar surface area (TPSA) is 17.1 Å². The first-order valence-electron chi connectivity index (χ1n) is 5.39. The second kappa shape index (κ2) is 5.92. The average molecular weight is 390 g/mol. The van der Waals surface area contributed by atoms with E-state index in [-0.39, 0.29) is 16.7 Å². The summed E-state index contributed by atoms with van der Waals surface area (Å²) in [6, 6.07) is 8.52. The third kappa shape index (κ3) is 3.48. The maximum Gasteiger partial charge on any atom is 0.167 e. The SMILES string of the molecule is O=C(Cc1ccc(Br)cc1F)c1ccc(F)c(Br)c1. The van der Waals surface area contributed by atoms with Gasteiger partial charge in [0, 0.05) is 16.5 Å². The van der Waals surface area contributed by atoms with Crippen LogP contribution in [0.3, 0.4) is 0 Å². The fraction of sp³-hybridized carbons (Fsp3) is 0.0714. The minimum atomic E-state index is -0.441. The summed E-state index contributed by atoms with van der Waals surface area (Å²) < 4.78 is 27.5. The van der Waals surface area contributed by atoms with Crippen LogP contribution in [0.5, 0.6) is 0 Å². The lowest BCUT2D eigenvalue weighted by Gasteiger charge is -2.04. The van der Waals surface area contributed by atoms with Gasteiger partial charge in [-0.3, -0.25) is 4.79 Å².